The van der Waals surface area contributed by atoms with E-state index in [1.54, 1.807) is 0 Å². The first-order chi connectivity index (χ1) is 10.3. The molecule has 4 rings (SSSR count). The lowest BCUT2D eigenvalue weighted by Gasteiger charge is -2.13. The number of anilines is 2. The summed E-state index contributed by atoms with van der Waals surface area (Å²) in [5.74, 6) is 0. The summed E-state index contributed by atoms with van der Waals surface area (Å²) in [6.07, 6.45) is 1.01. The number of rotatable bonds is 2. The summed E-state index contributed by atoms with van der Waals surface area (Å²) in [4.78, 5) is 4.56. The molecule has 0 atom stereocenters. The van der Waals surface area contributed by atoms with Crippen LogP contribution in [0.5, 0.6) is 0 Å². The maximum atomic E-state index is 5.62. The minimum absolute atomic E-state index is 0.846. The summed E-state index contributed by atoms with van der Waals surface area (Å²) < 4.78 is 0. The van der Waals surface area contributed by atoms with Crippen LogP contribution in [-0.4, -0.2) is 11.5 Å². The third-order valence-corrected chi connectivity index (χ3v) is 5.33. The average molecular weight is 310 g/mol. The topological polar surface area (TPSA) is 15.3 Å². The highest BCUT2D eigenvalue weighted by atomic mass is 32.2. The van der Waals surface area contributed by atoms with Crippen LogP contribution in [0.3, 0.4) is 0 Å². The van der Waals surface area contributed by atoms with Crippen molar-refractivity contribution in [2.75, 3.05) is 16.8 Å². The van der Waals surface area contributed by atoms with Gasteiger partial charge >= 0.3 is 0 Å². The number of hydrogen-bond donors (Lipinski definition) is 1. The summed E-state index contributed by atoms with van der Waals surface area (Å²) in [6.45, 7) is 1.02. The number of benzene rings is 2. The van der Waals surface area contributed by atoms with Gasteiger partial charge in [0.05, 0.1) is 10.7 Å². The van der Waals surface area contributed by atoms with Crippen LogP contribution in [0.2, 0.25) is 0 Å². The largest absolute Gasteiger partial charge is 0.346 e. The molecule has 2 nitrogen and oxygen atoms in total. The van der Waals surface area contributed by atoms with Crippen molar-refractivity contribution in [1.82, 2.24) is 0 Å². The van der Waals surface area contributed by atoms with Gasteiger partial charge in [-0.15, -0.1) is 0 Å². The number of hydrogen-bond acceptors (Lipinski definition) is 3. The van der Waals surface area contributed by atoms with Crippen LogP contribution >= 0.6 is 24.0 Å². The molecule has 0 aromatic heterocycles. The lowest BCUT2D eigenvalue weighted by Crippen LogP contribution is -2.13. The first-order valence-electron chi connectivity index (χ1n) is 6.97. The van der Waals surface area contributed by atoms with E-state index in [2.05, 4.69) is 34.5 Å². The lowest BCUT2D eigenvalue weighted by atomic mass is 10.2. The molecule has 2 aliphatic heterocycles. The zero-order valence-corrected chi connectivity index (χ0v) is 13.0. The second-order valence-electron chi connectivity index (χ2n) is 5.08. The molecular formula is C17H14N2S2. The van der Waals surface area contributed by atoms with E-state index in [4.69, 9.17) is 12.2 Å². The Kier molecular flexibility index (Phi) is 3.20. The number of thioether (sulfide) groups is 1. The molecule has 0 amide bonds. The van der Waals surface area contributed by atoms with Gasteiger partial charge in [0.15, 0.2) is 0 Å². The second-order valence-corrected chi connectivity index (χ2v) is 6.51. The molecular weight excluding hydrogens is 296 g/mol. The molecule has 2 aliphatic rings. The number of thiocarbonyl (C=S) groups is 1. The molecule has 0 fully saturated rings. The molecule has 4 heteroatoms. The highest BCUT2D eigenvalue weighted by molar-refractivity contribution is 8.03. The molecule has 2 aromatic rings. The van der Waals surface area contributed by atoms with Crippen molar-refractivity contribution in [2.24, 2.45) is 0 Å². The monoisotopic (exact) mass is 310 g/mol. The average Bonchev–Trinajstić information content (AvgIpc) is 3.07. The third-order valence-electron chi connectivity index (χ3n) is 3.76. The Labute approximate surface area is 133 Å². The van der Waals surface area contributed by atoms with E-state index in [1.807, 2.05) is 42.1 Å². The minimum Gasteiger partial charge on any atom is -0.346 e. The molecule has 2 aromatic carbocycles. The standard InChI is InChI=1S/C17H14N2S2/c20-16(18-12-6-2-1-3-7-12)13-10-11-19-14-8-4-5-9-15(14)21-17(13)19/h1-9H,10-11H2,(H,18,20). The van der Waals surface area contributed by atoms with Gasteiger partial charge in [0, 0.05) is 22.7 Å². The van der Waals surface area contributed by atoms with Crippen molar-refractivity contribution < 1.29 is 0 Å². The third kappa shape index (κ3) is 2.24. The van der Waals surface area contributed by atoms with E-state index in [9.17, 15) is 0 Å². The van der Waals surface area contributed by atoms with Crippen LogP contribution in [0.25, 0.3) is 0 Å². The van der Waals surface area contributed by atoms with Crippen LogP contribution < -0.4 is 10.2 Å². The van der Waals surface area contributed by atoms with Gasteiger partial charge in [-0.05, 0) is 30.7 Å². The fourth-order valence-corrected chi connectivity index (χ4v) is 4.40. The van der Waals surface area contributed by atoms with Crippen molar-refractivity contribution >= 4 is 40.3 Å². The highest BCUT2D eigenvalue weighted by Crippen LogP contribution is 2.50. The van der Waals surface area contributed by atoms with Gasteiger partial charge in [0.2, 0.25) is 0 Å². The maximum Gasteiger partial charge on any atom is 0.109 e. The number of para-hydroxylation sites is 2. The predicted octanol–water partition coefficient (Wildman–Crippen LogP) is 4.65. The van der Waals surface area contributed by atoms with E-state index in [0.29, 0.717) is 0 Å². The van der Waals surface area contributed by atoms with Crippen molar-refractivity contribution in [3.8, 4) is 0 Å². The van der Waals surface area contributed by atoms with Crippen molar-refractivity contribution in [3.63, 3.8) is 0 Å². The molecule has 0 aliphatic carbocycles. The van der Waals surface area contributed by atoms with Crippen molar-refractivity contribution in [1.29, 1.82) is 0 Å². The van der Waals surface area contributed by atoms with E-state index < -0.39 is 0 Å². The van der Waals surface area contributed by atoms with Crippen molar-refractivity contribution in [2.45, 2.75) is 11.3 Å². The van der Waals surface area contributed by atoms with Crippen LogP contribution in [0.4, 0.5) is 11.4 Å². The van der Waals surface area contributed by atoms with Gasteiger partial charge in [0.1, 0.15) is 4.99 Å². The summed E-state index contributed by atoms with van der Waals surface area (Å²) >= 11 is 7.45. The highest BCUT2D eigenvalue weighted by Gasteiger charge is 2.33. The van der Waals surface area contributed by atoms with E-state index in [1.165, 1.54) is 21.2 Å². The number of fused-ring (bicyclic) bond motifs is 3. The molecule has 0 bridgehead atoms. The summed E-state index contributed by atoms with van der Waals surface area (Å²) in [5, 5.41) is 4.65. The van der Waals surface area contributed by atoms with Crippen LogP contribution in [0.1, 0.15) is 6.42 Å². The normalized spacial score (nSPS) is 15.9. The molecule has 0 saturated heterocycles. The maximum absolute atomic E-state index is 5.62. The second kappa shape index (κ2) is 5.20. The van der Waals surface area contributed by atoms with Gasteiger partial charge in [0.25, 0.3) is 0 Å². The Morgan fingerprint density at radius 3 is 2.67 bits per heavy atom. The van der Waals surface area contributed by atoms with E-state index in [0.717, 1.165) is 23.6 Å². The molecule has 0 radical (unpaired) electrons. The quantitative estimate of drug-likeness (QED) is 0.812. The SMILES string of the molecule is S=C(Nc1ccccc1)C1=C2Sc3ccccc3N2CC1. The van der Waals surface area contributed by atoms with E-state index in [-0.39, 0.29) is 0 Å². The van der Waals surface area contributed by atoms with Gasteiger partial charge < -0.3 is 10.2 Å². The number of nitrogens with zero attached hydrogens (tertiary/aromatic N) is 1. The first-order valence-corrected chi connectivity index (χ1v) is 8.19. The van der Waals surface area contributed by atoms with E-state index >= 15 is 0 Å². The summed E-state index contributed by atoms with van der Waals surface area (Å²) in [6, 6.07) is 18.7. The predicted molar refractivity (Wildman–Crippen MR) is 94.0 cm³/mol. The van der Waals surface area contributed by atoms with Crippen molar-refractivity contribution in [3.05, 3.63) is 65.2 Å². The zero-order chi connectivity index (χ0) is 14.2. The Balaban J connectivity index is 1.62. The smallest absolute Gasteiger partial charge is 0.109 e. The van der Waals surface area contributed by atoms with Gasteiger partial charge in [-0.25, -0.2) is 0 Å². The van der Waals surface area contributed by atoms with Crippen LogP contribution in [-0.2, 0) is 0 Å². The van der Waals surface area contributed by atoms with Crippen LogP contribution in [0, 0.1) is 0 Å². The molecule has 0 spiro atoms. The lowest BCUT2D eigenvalue weighted by molar-refractivity contribution is 0.983. The minimum atomic E-state index is 0.846. The van der Waals surface area contributed by atoms with Gasteiger partial charge in [-0.2, -0.15) is 0 Å². The Bertz CT molecular complexity index is 737. The Hall–Kier alpha value is -1.78. The van der Waals surface area contributed by atoms with Gasteiger partial charge in [-0.1, -0.05) is 54.3 Å². The molecule has 1 N–H and O–H groups in total. The van der Waals surface area contributed by atoms with Gasteiger partial charge in [-0.3, -0.25) is 0 Å². The molecule has 104 valence electrons. The summed E-state index contributed by atoms with van der Waals surface area (Å²) in [7, 11) is 0. The zero-order valence-electron chi connectivity index (χ0n) is 11.4. The van der Waals surface area contributed by atoms with Crippen LogP contribution in [0.15, 0.2) is 70.1 Å². The molecule has 2 heterocycles. The molecule has 0 saturated carbocycles. The Morgan fingerprint density at radius 2 is 1.81 bits per heavy atom. The molecule has 0 unspecified atom stereocenters. The molecule has 21 heavy (non-hydrogen) atoms. The number of nitrogens with one attached hydrogen (secondary N) is 1. The fourth-order valence-electron chi connectivity index (χ4n) is 2.75. The Morgan fingerprint density at radius 1 is 1.05 bits per heavy atom. The summed E-state index contributed by atoms with van der Waals surface area (Å²) in [5.41, 5.74) is 3.62. The fraction of sp³-hybridized carbons (Fsp3) is 0.118. The first kappa shape index (κ1) is 12.9.